The molecular formula is C23H17Cl2N5S. The second-order valence-corrected chi connectivity index (χ2v) is 8.59. The fourth-order valence-electron chi connectivity index (χ4n) is 3.07. The van der Waals surface area contributed by atoms with Gasteiger partial charge in [-0.25, -0.2) is 4.98 Å². The smallest absolute Gasteiger partial charge is 0.231 e. The molecule has 8 heteroatoms. The summed E-state index contributed by atoms with van der Waals surface area (Å²) in [7, 11) is 0. The molecule has 1 heterocycles. The Labute approximate surface area is 194 Å². The lowest BCUT2D eigenvalue weighted by molar-refractivity contribution is 0.798. The van der Waals surface area contributed by atoms with Crippen LogP contribution in [0.5, 0.6) is 0 Å². The molecule has 1 aromatic heterocycles. The second kappa shape index (κ2) is 9.88. The van der Waals surface area contributed by atoms with Gasteiger partial charge in [0, 0.05) is 18.8 Å². The number of nitriles is 1. The zero-order chi connectivity index (χ0) is 21.6. The zero-order valence-corrected chi connectivity index (χ0v) is 18.7. The van der Waals surface area contributed by atoms with Crippen molar-refractivity contribution in [2.75, 3.05) is 11.4 Å². The van der Waals surface area contributed by atoms with E-state index in [1.165, 1.54) is 16.9 Å². The fraction of sp³-hybridized carbons (Fsp3) is 0.130. The van der Waals surface area contributed by atoms with Gasteiger partial charge in [-0.2, -0.15) is 5.26 Å². The van der Waals surface area contributed by atoms with Crippen molar-refractivity contribution in [3.05, 3.63) is 82.3 Å². The molecule has 0 aliphatic carbocycles. The Balaban J connectivity index is 1.50. The standard InChI is InChI=1S/C23H17Cl2N5S/c24-19-13-21-22(14-20(19)25)31-23(27-21)29-28-17-7-9-18(10-8-17)30(12-4-11-26)15-16-5-2-1-3-6-16/h1-3,5-10,13-14H,4,12,15H2. The Morgan fingerprint density at radius 1 is 0.968 bits per heavy atom. The Hall–Kier alpha value is -2.98. The lowest BCUT2D eigenvalue weighted by atomic mass is 10.2. The lowest BCUT2D eigenvalue weighted by Gasteiger charge is -2.24. The maximum Gasteiger partial charge on any atom is 0.231 e. The average Bonchev–Trinajstić information content (AvgIpc) is 3.18. The number of anilines is 1. The van der Waals surface area contributed by atoms with Crippen LogP contribution in [0.1, 0.15) is 12.0 Å². The van der Waals surface area contributed by atoms with Crippen molar-refractivity contribution < 1.29 is 0 Å². The van der Waals surface area contributed by atoms with E-state index < -0.39 is 0 Å². The number of hydrogen-bond acceptors (Lipinski definition) is 6. The van der Waals surface area contributed by atoms with Crippen molar-refractivity contribution in [3.63, 3.8) is 0 Å². The van der Waals surface area contributed by atoms with Gasteiger partial charge >= 0.3 is 0 Å². The molecule has 3 aromatic carbocycles. The van der Waals surface area contributed by atoms with Gasteiger partial charge in [-0.1, -0.05) is 64.9 Å². The molecule has 5 nitrogen and oxygen atoms in total. The van der Waals surface area contributed by atoms with Crippen molar-refractivity contribution in [2.45, 2.75) is 13.0 Å². The Kier molecular flexibility index (Phi) is 6.78. The number of thiazole rings is 1. The molecule has 0 aliphatic heterocycles. The topological polar surface area (TPSA) is 64.6 Å². The third kappa shape index (κ3) is 5.39. The third-order valence-corrected chi connectivity index (χ3v) is 6.22. The summed E-state index contributed by atoms with van der Waals surface area (Å²) >= 11 is 13.5. The zero-order valence-electron chi connectivity index (χ0n) is 16.4. The highest BCUT2D eigenvalue weighted by molar-refractivity contribution is 7.22. The van der Waals surface area contributed by atoms with Crippen LogP contribution in [0.4, 0.5) is 16.5 Å². The first kappa shape index (κ1) is 21.3. The minimum absolute atomic E-state index is 0.458. The minimum Gasteiger partial charge on any atom is -0.366 e. The highest BCUT2D eigenvalue weighted by atomic mass is 35.5. The van der Waals surface area contributed by atoms with Gasteiger partial charge in [0.1, 0.15) is 0 Å². The molecule has 0 fully saturated rings. The third-order valence-electron chi connectivity index (χ3n) is 4.59. The van der Waals surface area contributed by atoms with Crippen LogP contribution in [0.2, 0.25) is 10.0 Å². The van der Waals surface area contributed by atoms with Gasteiger partial charge in [0.2, 0.25) is 5.13 Å². The van der Waals surface area contributed by atoms with Crippen LogP contribution in [-0.4, -0.2) is 11.5 Å². The molecule has 0 saturated heterocycles. The summed E-state index contributed by atoms with van der Waals surface area (Å²) in [5.74, 6) is 0. The molecule has 31 heavy (non-hydrogen) atoms. The van der Waals surface area contributed by atoms with E-state index in [0.717, 1.165) is 28.1 Å². The molecule has 0 radical (unpaired) electrons. The first-order valence-electron chi connectivity index (χ1n) is 9.55. The van der Waals surface area contributed by atoms with Gasteiger partial charge < -0.3 is 4.90 Å². The minimum atomic E-state index is 0.458. The summed E-state index contributed by atoms with van der Waals surface area (Å²) in [6.45, 7) is 1.39. The fourth-order valence-corrected chi connectivity index (χ4v) is 4.27. The van der Waals surface area contributed by atoms with Crippen molar-refractivity contribution in [2.24, 2.45) is 10.2 Å². The average molecular weight is 466 g/mol. The number of aromatic nitrogens is 1. The van der Waals surface area contributed by atoms with Crippen LogP contribution in [0.3, 0.4) is 0 Å². The summed E-state index contributed by atoms with van der Waals surface area (Å²) in [4.78, 5) is 6.61. The van der Waals surface area contributed by atoms with Gasteiger partial charge in [-0.15, -0.1) is 10.2 Å². The van der Waals surface area contributed by atoms with E-state index in [2.05, 4.69) is 38.3 Å². The quantitative estimate of drug-likeness (QED) is 0.260. The lowest BCUT2D eigenvalue weighted by Crippen LogP contribution is -2.23. The maximum absolute atomic E-state index is 9.01. The Morgan fingerprint density at radius 3 is 2.45 bits per heavy atom. The number of benzene rings is 3. The Morgan fingerprint density at radius 2 is 1.71 bits per heavy atom. The number of rotatable bonds is 7. The van der Waals surface area contributed by atoms with E-state index in [1.807, 2.05) is 42.5 Å². The summed E-state index contributed by atoms with van der Waals surface area (Å²) in [6, 6.07) is 23.7. The van der Waals surface area contributed by atoms with Crippen molar-refractivity contribution in [3.8, 4) is 6.07 Å². The molecule has 0 spiro atoms. The Bertz CT molecular complexity index is 1210. The van der Waals surface area contributed by atoms with Crippen LogP contribution in [0.25, 0.3) is 10.2 Å². The SMILES string of the molecule is N#CCCN(Cc1ccccc1)c1ccc(N=Nc2nc3cc(Cl)c(Cl)cc3s2)cc1. The predicted octanol–water partition coefficient (Wildman–Crippen LogP) is 7.94. The van der Waals surface area contributed by atoms with Crippen LogP contribution in [0, 0.1) is 11.3 Å². The summed E-state index contributed by atoms with van der Waals surface area (Å²) in [5, 5.41) is 19.1. The number of nitrogens with zero attached hydrogens (tertiary/aromatic N) is 5. The monoisotopic (exact) mass is 465 g/mol. The summed E-state index contributed by atoms with van der Waals surface area (Å²) < 4.78 is 0.910. The first-order chi connectivity index (χ1) is 15.1. The molecule has 4 rings (SSSR count). The van der Waals surface area contributed by atoms with Crippen LogP contribution in [-0.2, 0) is 6.54 Å². The molecule has 0 aliphatic rings. The van der Waals surface area contributed by atoms with Crippen LogP contribution >= 0.6 is 34.5 Å². The number of halogens is 2. The van der Waals surface area contributed by atoms with E-state index in [1.54, 1.807) is 12.1 Å². The number of hydrogen-bond donors (Lipinski definition) is 0. The summed E-state index contributed by atoms with van der Waals surface area (Å²) in [5.41, 5.74) is 3.69. The van der Waals surface area contributed by atoms with E-state index in [4.69, 9.17) is 28.5 Å². The summed E-state index contributed by atoms with van der Waals surface area (Å²) in [6.07, 6.45) is 0.458. The molecule has 0 saturated carbocycles. The molecule has 0 N–H and O–H groups in total. The molecular weight excluding hydrogens is 449 g/mol. The van der Waals surface area contributed by atoms with Gasteiger partial charge in [-0.3, -0.25) is 0 Å². The van der Waals surface area contributed by atoms with Gasteiger partial charge in [0.25, 0.3) is 0 Å². The number of fused-ring (bicyclic) bond motifs is 1. The van der Waals surface area contributed by atoms with E-state index in [-0.39, 0.29) is 0 Å². The van der Waals surface area contributed by atoms with Crippen molar-refractivity contribution in [1.29, 1.82) is 5.26 Å². The highest BCUT2D eigenvalue weighted by Crippen LogP contribution is 2.34. The highest BCUT2D eigenvalue weighted by Gasteiger charge is 2.09. The second-order valence-electron chi connectivity index (χ2n) is 6.76. The van der Waals surface area contributed by atoms with Gasteiger partial charge in [0.15, 0.2) is 0 Å². The maximum atomic E-state index is 9.01. The van der Waals surface area contributed by atoms with Crippen LogP contribution in [0.15, 0.2) is 77.0 Å². The molecule has 0 unspecified atom stereocenters. The van der Waals surface area contributed by atoms with Crippen molar-refractivity contribution in [1.82, 2.24) is 4.98 Å². The first-order valence-corrected chi connectivity index (χ1v) is 11.1. The predicted molar refractivity (Wildman–Crippen MR) is 128 cm³/mol. The molecule has 4 aromatic rings. The largest absolute Gasteiger partial charge is 0.366 e. The van der Waals surface area contributed by atoms with Gasteiger partial charge in [0.05, 0.1) is 38.4 Å². The van der Waals surface area contributed by atoms with E-state index >= 15 is 0 Å². The van der Waals surface area contributed by atoms with E-state index in [9.17, 15) is 0 Å². The number of azo groups is 1. The molecule has 0 amide bonds. The van der Waals surface area contributed by atoms with Crippen LogP contribution < -0.4 is 4.90 Å². The van der Waals surface area contributed by atoms with Gasteiger partial charge in [-0.05, 0) is 42.0 Å². The molecule has 154 valence electrons. The van der Waals surface area contributed by atoms with E-state index in [0.29, 0.717) is 28.1 Å². The molecule has 0 atom stereocenters. The molecule has 0 bridgehead atoms. The normalized spacial score (nSPS) is 11.1. The van der Waals surface area contributed by atoms with Crippen molar-refractivity contribution >= 4 is 61.3 Å².